The summed E-state index contributed by atoms with van der Waals surface area (Å²) >= 11 is 5.73. The van der Waals surface area contributed by atoms with Crippen LogP contribution in [-0.2, 0) is 4.79 Å². The number of hydrogen-bond donors (Lipinski definition) is 3. The Morgan fingerprint density at radius 3 is 2.68 bits per heavy atom. The van der Waals surface area contributed by atoms with E-state index in [0.29, 0.717) is 11.4 Å². The fourth-order valence-corrected chi connectivity index (χ4v) is 1.76. The van der Waals surface area contributed by atoms with Crippen molar-refractivity contribution >= 4 is 34.8 Å². The number of hydrogen-bond acceptors (Lipinski definition) is 7. The van der Waals surface area contributed by atoms with Gasteiger partial charge in [0.05, 0.1) is 30.6 Å². The van der Waals surface area contributed by atoms with E-state index in [1.54, 1.807) is 24.3 Å². The van der Waals surface area contributed by atoms with Gasteiger partial charge in [-0.3, -0.25) is 9.80 Å². The first-order valence-electron chi connectivity index (χ1n) is 6.25. The van der Waals surface area contributed by atoms with E-state index in [0.717, 1.165) is 0 Å². The standard InChI is InChI=1S/C13H14ClN5O3/c14-13-17-7-10(15)12(18-13)19(16)8-1-3-9(4-2-8)22-6-5-11(20)21/h1-4,7H,5-6,15-16H2,(H,20,21). The highest BCUT2D eigenvalue weighted by molar-refractivity contribution is 6.28. The first kappa shape index (κ1) is 15.8. The molecule has 0 spiro atoms. The van der Waals surface area contributed by atoms with Crippen LogP contribution in [0.4, 0.5) is 17.2 Å². The van der Waals surface area contributed by atoms with Crippen LogP contribution in [0, 0.1) is 0 Å². The number of halogens is 1. The van der Waals surface area contributed by atoms with Crippen molar-refractivity contribution in [2.24, 2.45) is 5.84 Å². The zero-order chi connectivity index (χ0) is 16.1. The molecule has 0 bridgehead atoms. The van der Waals surface area contributed by atoms with E-state index in [9.17, 15) is 4.79 Å². The van der Waals surface area contributed by atoms with Crippen LogP contribution in [0.15, 0.2) is 30.5 Å². The van der Waals surface area contributed by atoms with Crippen LogP contribution in [0.25, 0.3) is 0 Å². The second-order valence-corrected chi connectivity index (χ2v) is 4.61. The molecule has 116 valence electrons. The van der Waals surface area contributed by atoms with E-state index in [1.165, 1.54) is 11.2 Å². The van der Waals surface area contributed by atoms with E-state index < -0.39 is 5.97 Å². The number of ether oxygens (including phenoxy) is 1. The molecule has 22 heavy (non-hydrogen) atoms. The van der Waals surface area contributed by atoms with Gasteiger partial charge in [-0.25, -0.2) is 10.8 Å². The normalized spacial score (nSPS) is 10.3. The molecule has 0 aliphatic rings. The van der Waals surface area contributed by atoms with Crippen molar-refractivity contribution in [3.05, 3.63) is 35.7 Å². The smallest absolute Gasteiger partial charge is 0.306 e. The van der Waals surface area contributed by atoms with E-state index in [2.05, 4.69) is 9.97 Å². The summed E-state index contributed by atoms with van der Waals surface area (Å²) in [5.41, 5.74) is 6.66. The highest BCUT2D eigenvalue weighted by atomic mass is 35.5. The molecule has 0 radical (unpaired) electrons. The third-order valence-corrected chi connectivity index (χ3v) is 2.88. The predicted octanol–water partition coefficient (Wildman–Crippen LogP) is 1.58. The molecule has 9 heteroatoms. The van der Waals surface area contributed by atoms with Crippen LogP contribution >= 0.6 is 11.6 Å². The Kier molecular flexibility index (Phi) is 4.97. The topological polar surface area (TPSA) is 128 Å². The fourth-order valence-electron chi connectivity index (χ4n) is 1.64. The van der Waals surface area contributed by atoms with Crippen LogP contribution in [0.3, 0.4) is 0 Å². The van der Waals surface area contributed by atoms with Gasteiger partial charge in [-0.15, -0.1) is 0 Å². The monoisotopic (exact) mass is 323 g/mol. The number of nitrogen functional groups attached to an aromatic ring is 1. The molecular formula is C13H14ClN5O3. The van der Waals surface area contributed by atoms with Crippen molar-refractivity contribution in [1.29, 1.82) is 0 Å². The fraction of sp³-hybridized carbons (Fsp3) is 0.154. The molecule has 0 amide bonds. The Bertz CT molecular complexity index is 665. The largest absolute Gasteiger partial charge is 0.493 e. The van der Waals surface area contributed by atoms with Crippen molar-refractivity contribution in [3.63, 3.8) is 0 Å². The third kappa shape index (κ3) is 3.96. The lowest BCUT2D eigenvalue weighted by molar-refractivity contribution is -0.137. The number of aromatic nitrogens is 2. The van der Waals surface area contributed by atoms with Crippen LogP contribution < -0.4 is 21.3 Å². The maximum atomic E-state index is 10.4. The molecular weight excluding hydrogens is 310 g/mol. The number of carbonyl (C=O) groups is 1. The summed E-state index contributed by atoms with van der Waals surface area (Å²) in [6.45, 7) is 0.0927. The lowest BCUT2D eigenvalue weighted by Crippen LogP contribution is -2.27. The Labute approximate surface area is 131 Å². The Hall–Kier alpha value is -2.58. The average Bonchev–Trinajstić information content (AvgIpc) is 2.49. The van der Waals surface area contributed by atoms with E-state index in [4.69, 9.17) is 33.0 Å². The first-order chi connectivity index (χ1) is 10.5. The minimum atomic E-state index is -0.916. The number of nitrogens with two attached hydrogens (primary N) is 2. The quantitative estimate of drug-likeness (QED) is 0.415. The number of benzene rings is 1. The zero-order valence-corrected chi connectivity index (χ0v) is 12.2. The molecule has 2 aromatic rings. The molecule has 0 atom stereocenters. The summed E-state index contributed by atoms with van der Waals surface area (Å²) in [5, 5.41) is 9.85. The molecule has 1 aromatic carbocycles. The lowest BCUT2D eigenvalue weighted by Gasteiger charge is -2.19. The molecule has 0 unspecified atom stereocenters. The molecule has 2 rings (SSSR count). The summed E-state index contributed by atoms with van der Waals surface area (Å²) in [4.78, 5) is 18.1. The summed E-state index contributed by atoms with van der Waals surface area (Å²) < 4.78 is 5.29. The van der Waals surface area contributed by atoms with Gasteiger partial charge in [-0.1, -0.05) is 0 Å². The van der Waals surface area contributed by atoms with Gasteiger partial charge in [0, 0.05) is 0 Å². The average molecular weight is 324 g/mol. The van der Waals surface area contributed by atoms with Crippen molar-refractivity contribution in [2.45, 2.75) is 6.42 Å². The molecule has 0 aliphatic carbocycles. The predicted molar refractivity (Wildman–Crippen MR) is 82.0 cm³/mol. The minimum Gasteiger partial charge on any atom is -0.493 e. The van der Waals surface area contributed by atoms with Gasteiger partial charge in [0.2, 0.25) is 5.28 Å². The van der Waals surface area contributed by atoms with Crippen molar-refractivity contribution < 1.29 is 14.6 Å². The maximum absolute atomic E-state index is 10.4. The number of nitrogens with zero attached hydrogens (tertiary/aromatic N) is 3. The van der Waals surface area contributed by atoms with Gasteiger partial charge in [0.15, 0.2) is 5.82 Å². The second kappa shape index (κ2) is 6.92. The molecule has 1 aromatic heterocycles. The van der Waals surface area contributed by atoms with Gasteiger partial charge >= 0.3 is 5.97 Å². The van der Waals surface area contributed by atoms with Gasteiger partial charge in [0.25, 0.3) is 0 Å². The van der Waals surface area contributed by atoms with Gasteiger partial charge in [-0.05, 0) is 35.9 Å². The summed E-state index contributed by atoms with van der Waals surface area (Å²) in [7, 11) is 0. The lowest BCUT2D eigenvalue weighted by atomic mass is 10.3. The summed E-state index contributed by atoms with van der Waals surface area (Å²) in [6, 6.07) is 6.70. The van der Waals surface area contributed by atoms with Crippen molar-refractivity contribution in [1.82, 2.24) is 9.97 Å². The highest BCUT2D eigenvalue weighted by Gasteiger charge is 2.11. The zero-order valence-electron chi connectivity index (χ0n) is 11.4. The minimum absolute atomic E-state index is 0.0354. The number of carboxylic acid groups (broad SMARTS) is 1. The molecule has 1 heterocycles. The van der Waals surface area contributed by atoms with Crippen molar-refractivity contribution in [3.8, 4) is 5.75 Å². The van der Waals surface area contributed by atoms with E-state index in [-0.39, 0.29) is 29.8 Å². The summed E-state index contributed by atoms with van der Waals surface area (Å²) in [6.07, 6.45) is 1.30. The van der Waals surface area contributed by atoms with Crippen molar-refractivity contribution in [2.75, 3.05) is 17.3 Å². The second-order valence-electron chi connectivity index (χ2n) is 4.27. The Morgan fingerprint density at radius 2 is 2.05 bits per heavy atom. The third-order valence-electron chi connectivity index (χ3n) is 2.69. The van der Waals surface area contributed by atoms with E-state index >= 15 is 0 Å². The number of rotatable bonds is 6. The highest BCUT2D eigenvalue weighted by Crippen LogP contribution is 2.27. The molecule has 0 aliphatic heterocycles. The Balaban J connectivity index is 2.09. The number of anilines is 3. The van der Waals surface area contributed by atoms with Crippen LogP contribution in [0.5, 0.6) is 5.75 Å². The number of aliphatic carboxylic acids is 1. The van der Waals surface area contributed by atoms with Crippen LogP contribution in [0.1, 0.15) is 6.42 Å². The van der Waals surface area contributed by atoms with Gasteiger partial charge in [0.1, 0.15) is 5.75 Å². The summed E-state index contributed by atoms with van der Waals surface area (Å²) in [5.74, 6) is 5.86. The molecule has 5 N–H and O–H groups in total. The van der Waals surface area contributed by atoms with E-state index in [1.807, 2.05) is 0 Å². The molecule has 8 nitrogen and oxygen atoms in total. The Morgan fingerprint density at radius 1 is 1.36 bits per heavy atom. The molecule has 0 saturated heterocycles. The number of hydrazine groups is 1. The van der Waals surface area contributed by atoms with Crippen LogP contribution in [0.2, 0.25) is 5.28 Å². The van der Waals surface area contributed by atoms with Crippen LogP contribution in [-0.4, -0.2) is 27.7 Å². The SMILES string of the molecule is Nc1cnc(Cl)nc1N(N)c1ccc(OCCC(=O)O)cc1. The van der Waals surface area contributed by atoms with Gasteiger partial charge < -0.3 is 15.6 Å². The molecule has 0 saturated carbocycles. The first-order valence-corrected chi connectivity index (χ1v) is 6.62. The maximum Gasteiger partial charge on any atom is 0.306 e. The number of carboxylic acids is 1. The van der Waals surface area contributed by atoms with Gasteiger partial charge in [-0.2, -0.15) is 4.98 Å². The molecule has 0 fully saturated rings.